The van der Waals surface area contributed by atoms with Crippen LogP contribution in [0.15, 0.2) is 42.6 Å². The van der Waals surface area contributed by atoms with E-state index in [9.17, 15) is 9.59 Å². The third-order valence-corrected chi connectivity index (χ3v) is 4.71. The number of rotatable bonds is 5. The molecule has 1 aliphatic rings. The highest BCUT2D eigenvalue weighted by Gasteiger charge is 2.25. The van der Waals surface area contributed by atoms with Gasteiger partial charge in [0.05, 0.1) is 0 Å². The van der Waals surface area contributed by atoms with Crippen molar-refractivity contribution in [2.24, 2.45) is 0 Å². The molecule has 0 spiro atoms. The van der Waals surface area contributed by atoms with Gasteiger partial charge in [0.15, 0.2) is 0 Å². The predicted molar refractivity (Wildman–Crippen MR) is 102 cm³/mol. The number of H-pyrrole nitrogens is 1. The SMILES string of the molecule is CCCCc1ccc(NC(=O)N2CCN(C(=O)c3ccc[nH]3)CC2)cc1. The monoisotopic (exact) mass is 354 g/mol. The number of urea groups is 1. The van der Waals surface area contributed by atoms with Gasteiger partial charge in [-0.3, -0.25) is 4.79 Å². The van der Waals surface area contributed by atoms with Crippen LogP contribution in [0.1, 0.15) is 35.8 Å². The summed E-state index contributed by atoms with van der Waals surface area (Å²) in [6, 6.07) is 11.5. The van der Waals surface area contributed by atoms with E-state index in [2.05, 4.69) is 29.4 Å². The number of nitrogens with zero attached hydrogens (tertiary/aromatic N) is 2. The van der Waals surface area contributed by atoms with E-state index in [1.807, 2.05) is 18.2 Å². The van der Waals surface area contributed by atoms with Gasteiger partial charge in [0.1, 0.15) is 5.69 Å². The number of piperazine rings is 1. The zero-order valence-corrected chi connectivity index (χ0v) is 15.2. The Bertz CT molecular complexity index is 717. The number of benzene rings is 1. The van der Waals surface area contributed by atoms with Crippen molar-refractivity contribution in [2.75, 3.05) is 31.5 Å². The first-order valence-corrected chi connectivity index (χ1v) is 9.25. The fourth-order valence-corrected chi connectivity index (χ4v) is 3.08. The van der Waals surface area contributed by atoms with E-state index in [0.717, 1.165) is 12.1 Å². The lowest BCUT2D eigenvalue weighted by atomic mass is 10.1. The van der Waals surface area contributed by atoms with Gasteiger partial charge >= 0.3 is 6.03 Å². The van der Waals surface area contributed by atoms with Gasteiger partial charge in [0, 0.05) is 38.1 Å². The van der Waals surface area contributed by atoms with Crippen LogP contribution in [-0.4, -0.2) is 52.9 Å². The Morgan fingerprint density at radius 3 is 2.35 bits per heavy atom. The number of nitrogens with one attached hydrogen (secondary N) is 2. The Morgan fingerprint density at radius 1 is 1.04 bits per heavy atom. The van der Waals surface area contributed by atoms with Gasteiger partial charge in [-0.25, -0.2) is 4.79 Å². The average molecular weight is 354 g/mol. The van der Waals surface area contributed by atoms with E-state index in [-0.39, 0.29) is 11.9 Å². The number of aromatic nitrogens is 1. The lowest BCUT2D eigenvalue weighted by Gasteiger charge is -2.34. The van der Waals surface area contributed by atoms with Crippen molar-refractivity contribution in [3.8, 4) is 0 Å². The van der Waals surface area contributed by atoms with Gasteiger partial charge in [-0.1, -0.05) is 25.5 Å². The van der Waals surface area contributed by atoms with Crippen LogP contribution < -0.4 is 5.32 Å². The zero-order valence-electron chi connectivity index (χ0n) is 15.2. The molecule has 2 N–H and O–H groups in total. The van der Waals surface area contributed by atoms with E-state index in [1.54, 1.807) is 22.1 Å². The molecule has 6 nitrogen and oxygen atoms in total. The predicted octanol–water partition coefficient (Wildman–Crippen LogP) is 3.35. The summed E-state index contributed by atoms with van der Waals surface area (Å²) in [5.74, 6) is -0.0160. The summed E-state index contributed by atoms with van der Waals surface area (Å²) in [6.45, 7) is 4.34. The Labute approximate surface area is 154 Å². The van der Waals surface area contributed by atoms with Gasteiger partial charge < -0.3 is 20.1 Å². The molecule has 6 heteroatoms. The molecule has 1 aromatic heterocycles. The topological polar surface area (TPSA) is 68.4 Å². The average Bonchev–Trinajstić information content (AvgIpc) is 3.22. The molecule has 1 aliphatic heterocycles. The summed E-state index contributed by atoms with van der Waals surface area (Å²) >= 11 is 0. The highest BCUT2D eigenvalue weighted by atomic mass is 16.2. The molecule has 26 heavy (non-hydrogen) atoms. The highest BCUT2D eigenvalue weighted by molar-refractivity contribution is 5.93. The smallest absolute Gasteiger partial charge is 0.321 e. The van der Waals surface area contributed by atoms with Gasteiger partial charge in [-0.2, -0.15) is 0 Å². The second-order valence-electron chi connectivity index (χ2n) is 6.59. The largest absolute Gasteiger partial charge is 0.357 e. The van der Waals surface area contributed by atoms with Crippen molar-refractivity contribution in [2.45, 2.75) is 26.2 Å². The van der Waals surface area contributed by atoms with E-state index in [1.165, 1.54) is 18.4 Å². The molecule has 0 unspecified atom stereocenters. The van der Waals surface area contributed by atoms with Gasteiger partial charge in [0.25, 0.3) is 5.91 Å². The van der Waals surface area contributed by atoms with Gasteiger partial charge in [0.2, 0.25) is 0 Å². The Morgan fingerprint density at radius 2 is 1.73 bits per heavy atom. The Kier molecular flexibility index (Phi) is 5.94. The summed E-state index contributed by atoms with van der Waals surface area (Å²) < 4.78 is 0. The number of aromatic amines is 1. The molecule has 0 radical (unpaired) electrons. The minimum absolute atomic E-state index is 0.0160. The molecule has 2 heterocycles. The van der Waals surface area contributed by atoms with Crippen molar-refractivity contribution >= 4 is 17.6 Å². The highest BCUT2D eigenvalue weighted by Crippen LogP contribution is 2.14. The minimum atomic E-state index is -0.113. The summed E-state index contributed by atoms with van der Waals surface area (Å²) in [6.07, 6.45) is 5.17. The van der Waals surface area contributed by atoms with E-state index in [0.29, 0.717) is 31.9 Å². The second-order valence-corrected chi connectivity index (χ2v) is 6.59. The van der Waals surface area contributed by atoms with Crippen LogP contribution in [0.3, 0.4) is 0 Å². The van der Waals surface area contributed by atoms with Crippen LogP contribution in [0.5, 0.6) is 0 Å². The molecule has 0 bridgehead atoms. The minimum Gasteiger partial charge on any atom is -0.357 e. The molecule has 3 rings (SSSR count). The van der Waals surface area contributed by atoms with Crippen LogP contribution in [0.2, 0.25) is 0 Å². The molecular formula is C20H26N4O2. The molecule has 0 atom stereocenters. The third-order valence-electron chi connectivity index (χ3n) is 4.71. The lowest BCUT2D eigenvalue weighted by Crippen LogP contribution is -2.51. The van der Waals surface area contributed by atoms with E-state index < -0.39 is 0 Å². The van der Waals surface area contributed by atoms with Gasteiger partial charge in [-0.05, 0) is 42.7 Å². The second kappa shape index (κ2) is 8.56. The van der Waals surface area contributed by atoms with Crippen LogP contribution >= 0.6 is 0 Å². The number of aryl methyl sites for hydroxylation is 1. The summed E-state index contributed by atoms with van der Waals surface area (Å²) in [5, 5.41) is 2.94. The molecule has 0 saturated carbocycles. The van der Waals surface area contributed by atoms with Crippen LogP contribution in [-0.2, 0) is 6.42 Å². The fraction of sp³-hybridized carbons (Fsp3) is 0.400. The number of amides is 3. The number of hydrogen-bond acceptors (Lipinski definition) is 2. The maximum Gasteiger partial charge on any atom is 0.321 e. The van der Waals surface area contributed by atoms with Crippen LogP contribution in [0.25, 0.3) is 0 Å². The normalized spacial score (nSPS) is 14.3. The standard InChI is InChI=1S/C20H26N4O2/c1-2-3-5-16-7-9-17(10-8-16)22-20(26)24-14-12-23(13-15-24)19(25)18-6-4-11-21-18/h4,6-11,21H,2-3,5,12-15H2,1H3,(H,22,26). The molecule has 2 aromatic rings. The maximum absolute atomic E-state index is 12.4. The van der Waals surface area contributed by atoms with Gasteiger partial charge in [-0.15, -0.1) is 0 Å². The molecule has 0 aliphatic carbocycles. The molecule has 3 amide bonds. The first kappa shape index (κ1) is 18.0. The van der Waals surface area contributed by atoms with E-state index >= 15 is 0 Å². The van der Waals surface area contributed by atoms with Crippen molar-refractivity contribution in [1.82, 2.24) is 14.8 Å². The van der Waals surface area contributed by atoms with Crippen molar-refractivity contribution in [1.29, 1.82) is 0 Å². The number of carbonyl (C=O) groups excluding carboxylic acids is 2. The summed E-state index contributed by atoms with van der Waals surface area (Å²) in [4.78, 5) is 31.2. The van der Waals surface area contributed by atoms with Crippen molar-refractivity contribution in [3.63, 3.8) is 0 Å². The number of hydrogen-bond donors (Lipinski definition) is 2. The number of carbonyl (C=O) groups is 2. The first-order valence-electron chi connectivity index (χ1n) is 9.25. The lowest BCUT2D eigenvalue weighted by molar-refractivity contribution is 0.0666. The van der Waals surface area contributed by atoms with Crippen LogP contribution in [0.4, 0.5) is 10.5 Å². The van der Waals surface area contributed by atoms with Crippen molar-refractivity contribution in [3.05, 3.63) is 53.9 Å². The Hall–Kier alpha value is -2.76. The van der Waals surface area contributed by atoms with Crippen LogP contribution in [0, 0.1) is 0 Å². The summed E-state index contributed by atoms with van der Waals surface area (Å²) in [5.41, 5.74) is 2.69. The molecule has 138 valence electrons. The third kappa shape index (κ3) is 4.45. The summed E-state index contributed by atoms with van der Waals surface area (Å²) in [7, 11) is 0. The Balaban J connectivity index is 1.48. The number of anilines is 1. The fourth-order valence-electron chi connectivity index (χ4n) is 3.08. The first-order chi connectivity index (χ1) is 12.7. The molecule has 1 aromatic carbocycles. The molecular weight excluding hydrogens is 328 g/mol. The quantitative estimate of drug-likeness (QED) is 0.865. The molecule has 1 saturated heterocycles. The van der Waals surface area contributed by atoms with E-state index in [4.69, 9.17) is 0 Å². The molecule has 1 fully saturated rings. The maximum atomic E-state index is 12.4. The number of unbranched alkanes of at least 4 members (excludes halogenated alkanes) is 1. The van der Waals surface area contributed by atoms with Crippen molar-refractivity contribution < 1.29 is 9.59 Å². The zero-order chi connectivity index (χ0) is 18.4.